The smallest absolute Gasteiger partial charge is 0.249 e. The van der Waals surface area contributed by atoms with E-state index in [1.807, 2.05) is 13.8 Å². The Kier molecular flexibility index (Phi) is 5.18. The third kappa shape index (κ3) is 3.43. The van der Waals surface area contributed by atoms with Crippen LogP contribution in [0, 0.1) is 5.92 Å². The van der Waals surface area contributed by atoms with Crippen molar-refractivity contribution in [3.63, 3.8) is 0 Å². The van der Waals surface area contributed by atoms with Gasteiger partial charge in [-0.05, 0) is 18.8 Å². The number of aliphatic hydroxyl groups excluding tert-OH is 1. The van der Waals surface area contributed by atoms with Crippen LogP contribution in [0.25, 0.3) is 0 Å². The van der Waals surface area contributed by atoms with Gasteiger partial charge in [0.15, 0.2) is 0 Å². The van der Waals surface area contributed by atoms with Gasteiger partial charge in [0.1, 0.15) is 6.10 Å². The standard InChI is InChI=1S/C11H22N2O3/c1-7(2)9(6-14)13-11(15)10-4-3-8(5-12)16-10/h7-10,14H,3-6,12H2,1-2H3,(H,13,15)/t8?,9-,10?/m1/s1. The number of nitrogens with one attached hydrogen (secondary N) is 1. The molecule has 0 aliphatic carbocycles. The molecule has 1 fully saturated rings. The van der Waals surface area contributed by atoms with Gasteiger partial charge in [-0.3, -0.25) is 4.79 Å². The van der Waals surface area contributed by atoms with Crippen LogP contribution in [-0.2, 0) is 9.53 Å². The van der Waals surface area contributed by atoms with Crippen LogP contribution in [0.5, 0.6) is 0 Å². The Morgan fingerprint density at radius 3 is 2.69 bits per heavy atom. The van der Waals surface area contributed by atoms with E-state index < -0.39 is 6.10 Å². The lowest BCUT2D eigenvalue weighted by atomic mass is 10.0. The third-order valence-corrected chi connectivity index (χ3v) is 2.99. The molecule has 1 aliphatic rings. The zero-order valence-electron chi connectivity index (χ0n) is 9.98. The molecule has 5 nitrogen and oxygen atoms in total. The van der Waals surface area contributed by atoms with Gasteiger partial charge in [-0.2, -0.15) is 0 Å². The molecular weight excluding hydrogens is 208 g/mol. The third-order valence-electron chi connectivity index (χ3n) is 2.99. The molecule has 1 saturated heterocycles. The molecule has 16 heavy (non-hydrogen) atoms. The molecule has 5 heteroatoms. The maximum absolute atomic E-state index is 11.8. The fourth-order valence-corrected chi connectivity index (χ4v) is 1.77. The Morgan fingerprint density at radius 2 is 2.25 bits per heavy atom. The van der Waals surface area contributed by atoms with E-state index in [9.17, 15) is 4.79 Å². The van der Waals surface area contributed by atoms with Crippen molar-refractivity contribution in [3.8, 4) is 0 Å². The van der Waals surface area contributed by atoms with E-state index in [1.165, 1.54) is 0 Å². The maximum Gasteiger partial charge on any atom is 0.249 e. The summed E-state index contributed by atoms with van der Waals surface area (Å²) in [5.74, 6) is 0.0735. The monoisotopic (exact) mass is 230 g/mol. The number of aliphatic hydroxyl groups is 1. The predicted octanol–water partition coefficient (Wildman–Crippen LogP) is -0.374. The molecule has 3 atom stereocenters. The van der Waals surface area contributed by atoms with Crippen molar-refractivity contribution in [2.24, 2.45) is 11.7 Å². The van der Waals surface area contributed by atoms with Gasteiger partial charge in [0.2, 0.25) is 5.91 Å². The van der Waals surface area contributed by atoms with Crippen LogP contribution in [0.2, 0.25) is 0 Å². The molecule has 0 aromatic heterocycles. The van der Waals surface area contributed by atoms with Crippen LogP contribution in [0.15, 0.2) is 0 Å². The summed E-state index contributed by atoms with van der Waals surface area (Å²) in [6.07, 6.45) is 1.15. The topological polar surface area (TPSA) is 84.6 Å². The minimum Gasteiger partial charge on any atom is -0.394 e. The highest BCUT2D eigenvalue weighted by molar-refractivity contribution is 5.81. The summed E-state index contributed by atoms with van der Waals surface area (Å²) in [6.45, 7) is 4.33. The molecule has 0 radical (unpaired) electrons. The molecular formula is C11H22N2O3. The van der Waals surface area contributed by atoms with Crippen molar-refractivity contribution in [1.82, 2.24) is 5.32 Å². The van der Waals surface area contributed by atoms with Gasteiger partial charge in [0.25, 0.3) is 0 Å². The normalized spacial score (nSPS) is 27.1. The first-order chi connectivity index (χ1) is 7.58. The molecule has 1 rings (SSSR count). The van der Waals surface area contributed by atoms with E-state index in [2.05, 4.69) is 5.32 Å². The van der Waals surface area contributed by atoms with Gasteiger partial charge < -0.3 is 20.9 Å². The lowest BCUT2D eigenvalue weighted by Crippen LogP contribution is -2.46. The van der Waals surface area contributed by atoms with Crippen LogP contribution >= 0.6 is 0 Å². The van der Waals surface area contributed by atoms with Crippen LogP contribution in [0.4, 0.5) is 0 Å². The summed E-state index contributed by atoms with van der Waals surface area (Å²) in [7, 11) is 0. The number of nitrogens with two attached hydrogens (primary N) is 1. The molecule has 1 amide bonds. The first-order valence-corrected chi connectivity index (χ1v) is 5.85. The number of carbonyl (C=O) groups excluding carboxylic acids is 1. The van der Waals surface area contributed by atoms with E-state index >= 15 is 0 Å². The number of rotatable bonds is 5. The number of ether oxygens (including phenoxy) is 1. The second-order valence-electron chi connectivity index (χ2n) is 4.60. The largest absolute Gasteiger partial charge is 0.394 e. The molecule has 0 aromatic carbocycles. The zero-order chi connectivity index (χ0) is 12.1. The lowest BCUT2D eigenvalue weighted by Gasteiger charge is -2.22. The van der Waals surface area contributed by atoms with Crippen molar-refractivity contribution in [2.45, 2.75) is 44.9 Å². The summed E-state index contributed by atoms with van der Waals surface area (Å²) >= 11 is 0. The quantitative estimate of drug-likeness (QED) is 0.601. The number of amides is 1. The lowest BCUT2D eigenvalue weighted by molar-refractivity contribution is -0.133. The minimum atomic E-state index is -0.402. The van der Waals surface area contributed by atoms with Gasteiger partial charge >= 0.3 is 0 Å². The Balaban J connectivity index is 2.40. The minimum absolute atomic E-state index is 0.00220. The average molecular weight is 230 g/mol. The summed E-state index contributed by atoms with van der Waals surface area (Å²) < 4.78 is 5.48. The Hall–Kier alpha value is -0.650. The highest BCUT2D eigenvalue weighted by Crippen LogP contribution is 2.19. The summed E-state index contributed by atoms with van der Waals surface area (Å²) in [5, 5.41) is 11.9. The van der Waals surface area contributed by atoms with Crippen LogP contribution < -0.4 is 11.1 Å². The number of hydrogen-bond acceptors (Lipinski definition) is 4. The Morgan fingerprint density at radius 1 is 1.56 bits per heavy atom. The molecule has 0 aromatic rings. The summed E-state index contributed by atoms with van der Waals surface area (Å²) in [6, 6.07) is -0.201. The van der Waals surface area contributed by atoms with E-state index in [0.29, 0.717) is 13.0 Å². The van der Waals surface area contributed by atoms with E-state index in [1.54, 1.807) is 0 Å². The maximum atomic E-state index is 11.8. The molecule has 0 bridgehead atoms. The van der Waals surface area contributed by atoms with Gasteiger partial charge in [0, 0.05) is 6.54 Å². The average Bonchev–Trinajstić information content (AvgIpc) is 2.73. The number of hydrogen-bond donors (Lipinski definition) is 3. The molecule has 0 spiro atoms. The van der Waals surface area contributed by atoms with E-state index in [4.69, 9.17) is 15.6 Å². The second kappa shape index (κ2) is 6.18. The van der Waals surface area contributed by atoms with Crippen molar-refractivity contribution in [1.29, 1.82) is 0 Å². The van der Waals surface area contributed by atoms with Crippen molar-refractivity contribution < 1.29 is 14.6 Å². The van der Waals surface area contributed by atoms with Crippen molar-refractivity contribution in [2.75, 3.05) is 13.2 Å². The zero-order valence-corrected chi connectivity index (χ0v) is 9.98. The summed E-state index contributed by atoms with van der Waals surface area (Å²) in [4.78, 5) is 11.8. The van der Waals surface area contributed by atoms with E-state index in [-0.39, 0.29) is 30.6 Å². The van der Waals surface area contributed by atoms with Gasteiger partial charge in [-0.25, -0.2) is 0 Å². The van der Waals surface area contributed by atoms with Crippen LogP contribution in [-0.4, -0.2) is 42.4 Å². The molecule has 0 saturated carbocycles. The fraction of sp³-hybridized carbons (Fsp3) is 0.909. The van der Waals surface area contributed by atoms with Crippen molar-refractivity contribution >= 4 is 5.91 Å². The number of carbonyl (C=O) groups is 1. The van der Waals surface area contributed by atoms with Crippen LogP contribution in [0.1, 0.15) is 26.7 Å². The highest BCUT2D eigenvalue weighted by Gasteiger charge is 2.31. The van der Waals surface area contributed by atoms with Crippen LogP contribution in [0.3, 0.4) is 0 Å². The highest BCUT2D eigenvalue weighted by atomic mass is 16.5. The second-order valence-corrected chi connectivity index (χ2v) is 4.60. The molecule has 94 valence electrons. The van der Waals surface area contributed by atoms with Gasteiger partial charge in [-0.1, -0.05) is 13.8 Å². The van der Waals surface area contributed by atoms with E-state index in [0.717, 1.165) is 6.42 Å². The molecule has 1 heterocycles. The fourth-order valence-electron chi connectivity index (χ4n) is 1.77. The Bertz CT molecular complexity index is 233. The Labute approximate surface area is 96.3 Å². The summed E-state index contributed by atoms with van der Waals surface area (Å²) in [5.41, 5.74) is 5.48. The van der Waals surface area contributed by atoms with Gasteiger partial charge in [0.05, 0.1) is 18.8 Å². The SMILES string of the molecule is CC(C)[C@@H](CO)NC(=O)C1CCC(CN)O1. The van der Waals surface area contributed by atoms with Crippen molar-refractivity contribution in [3.05, 3.63) is 0 Å². The predicted molar refractivity (Wildman–Crippen MR) is 60.8 cm³/mol. The van der Waals surface area contributed by atoms with Gasteiger partial charge in [-0.15, -0.1) is 0 Å². The molecule has 2 unspecified atom stereocenters. The molecule has 4 N–H and O–H groups in total. The molecule has 1 aliphatic heterocycles. The first-order valence-electron chi connectivity index (χ1n) is 5.85. The first kappa shape index (κ1) is 13.4.